The van der Waals surface area contributed by atoms with Crippen molar-refractivity contribution in [1.29, 1.82) is 0 Å². The van der Waals surface area contributed by atoms with E-state index in [2.05, 4.69) is 20.2 Å². The van der Waals surface area contributed by atoms with Gasteiger partial charge in [-0.2, -0.15) is 0 Å². The van der Waals surface area contributed by atoms with E-state index >= 15 is 0 Å². The van der Waals surface area contributed by atoms with Gasteiger partial charge in [-0.25, -0.2) is 4.98 Å². The minimum atomic E-state index is -0.0263. The molecule has 6 nitrogen and oxygen atoms in total. The van der Waals surface area contributed by atoms with Crippen molar-refractivity contribution in [3.05, 3.63) is 53.7 Å². The standard InChI is InChI=1S/C21H25N5O/c1-16-5-4-8-20(23-16)25-11-13-26(14-12-25)21(27)10-9-19-22-15-17-6-2-3-7-18(17)24-19/h2-8,15,19,24H,9-14H2,1H3. The first-order valence-electron chi connectivity index (χ1n) is 9.54. The lowest BCUT2D eigenvalue weighted by atomic mass is 10.1. The Morgan fingerprint density at radius 2 is 1.93 bits per heavy atom. The van der Waals surface area contributed by atoms with Crippen LogP contribution in [0.1, 0.15) is 24.1 Å². The maximum absolute atomic E-state index is 12.6. The maximum Gasteiger partial charge on any atom is 0.222 e. The minimum Gasteiger partial charge on any atom is -0.363 e. The van der Waals surface area contributed by atoms with E-state index in [0.29, 0.717) is 12.8 Å². The zero-order valence-electron chi connectivity index (χ0n) is 15.6. The minimum absolute atomic E-state index is 0.0263. The molecule has 1 saturated heterocycles. The van der Waals surface area contributed by atoms with Gasteiger partial charge in [0.2, 0.25) is 5.91 Å². The Labute approximate surface area is 159 Å². The summed E-state index contributed by atoms with van der Waals surface area (Å²) in [5.41, 5.74) is 3.21. The van der Waals surface area contributed by atoms with Gasteiger partial charge in [0.05, 0.1) is 0 Å². The molecule has 1 amide bonds. The third kappa shape index (κ3) is 4.10. The molecule has 0 radical (unpaired) electrons. The van der Waals surface area contributed by atoms with E-state index in [9.17, 15) is 4.79 Å². The van der Waals surface area contributed by atoms with Gasteiger partial charge in [-0.15, -0.1) is 0 Å². The van der Waals surface area contributed by atoms with E-state index in [0.717, 1.165) is 48.9 Å². The van der Waals surface area contributed by atoms with E-state index in [1.165, 1.54) is 0 Å². The summed E-state index contributed by atoms with van der Waals surface area (Å²) >= 11 is 0. The molecule has 0 saturated carbocycles. The van der Waals surface area contributed by atoms with Crippen LogP contribution in [0.25, 0.3) is 0 Å². The number of nitrogens with zero attached hydrogens (tertiary/aromatic N) is 4. The predicted octanol–water partition coefficient (Wildman–Crippen LogP) is 2.69. The fourth-order valence-electron chi connectivity index (χ4n) is 3.58. The molecule has 4 rings (SSSR count). The maximum atomic E-state index is 12.6. The van der Waals surface area contributed by atoms with Crippen LogP contribution in [-0.2, 0) is 4.79 Å². The largest absolute Gasteiger partial charge is 0.363 e. The first kappa shape index (κ1) is 17.5. The van der Waals surface area contributed by atoms with Crippen LogP contribution in [0.5, 0.6) is 0 Å². The topological polar surface area (TPSA) is 60.8 Å². The molecule has 2 aliphatic heterocycles. The van der Waals surface area contributed by atoms with E-state index < -0.39 is 0 Å². The normalized spacial score (nSPS) is 18.8. The van der Waals surface area contributed by atoms with Gasteiger partial charge in [-0.3, -0.25) is 9.79 Å². The number of aromatic nitrogens is 1. The molecule has 2 aromatic rings. The smallest absolute Gasteiger partial charge is 0.222 e. The second-order valence-corrected chi connectivity index (χ2v) is 7.07. The molecule has 1 aromatic heterocycles. The van der Waals surface area contributed by atoms with Crippen molar-refractivity contribution in [3.8, 4) is 0 Å². The zero-order valence-corrected chi connectivity index (χ0v) is 15.6. The van der Waals surface area contributed by atoms with E-state index in [-0.39, 0.29) is 12.1 Å². The second-order valence-electron chi connectivity index (χ2n) is 7.07. The lowest BCUT2D eigenvalue weighted by molar-refractivity contribution is -0.131. The first-order chi connectivity index (χ1) is 13.2. The van der Waals surface area contributed by atoms with Crippen molar-refractivity contribution in [3.63, 3.8) is 0 Å². The number of rotatable bonds is 4. The Balaban J connectivity index is 1.26. The van der Waals surface area contributed by atoms with Crippen molar-refractivity contribution < 1.29 is 4.79 Å². The average molecular weight is 363 g/mol. The molecule has 1 N–H and O–H groups in total. The molecule has 6 heteroatoms. The van der Waals surface area contributed by atoms with Gasteiger partial charge in [0.1, 0.15) is 12.0 Å². The first-order valence-corrected chi connectivity index (χ1v) is 9.54. The Hall–Kier alpha value is -2.89. The summed E-state index contributed by atoms with van der Waals surface area (Å²) in [5.74, 6) is 1.21. The lowest BCUT2D eigenvalue weighted by Crippen LogP contribution is -2.49. The molecule has 27 heavy (non-hydrogen) atoms. The summed E-state index contributed by atoms with van der Waals surface area (Å²) in [6, 6.07) is 14.2. The summed E-state index contributed by atoms with van der Waals surface area (Å²) in [7, 11) is 0. The molecular weight excluding hydrogens is 338 g/mol. The third-order valence-corrected chi connectivity index (χ3v) is 5.14. The Morgan fingerprint density at radius 1 is 1.11 bits per heavy atom. The highest BCUT2D eigenvalue weighted by Crippen LogP contribution is 2.21. The van der Waals surface area contributed by atoms with E-state index in [1.807, 2.05) is 60.5 Å². The molecule has 1 fully saturated rings. The van der Waals surface area contributed by atoms with Gasteiger partial charge in [0.25, 0.3) is 0 Å². The van der Waals surface area contributed by atoms with Crippen LogP contribution in [0.3, 0.4) is 0 Å². The highest BCUT2D eigenvalue weighted by Gasteiger charge is 2.23. The van der Waals surface area contributed by atoms with E-state index in [1.54, 1.807) is 0 Å². The number of carbonyl (C=O) groups excluding carboxylic acids is 1. The Kier molecular flexibility index (Phi) is 5.05. The molecule has 1 atom stereocenters. The number of pyridine rings is 1. The van der Waals surface area contributed by atoms with Crippen LogP contribution < -0.4 is 10.2 Å². The van der Waals surface area contributed by atoms with Crippen LogP contribution in [0.15, 0.2) is 47.5 Å². The third-order valence-electron chi connectivity index (χ3n) is 5.14. The number of fused-ring (bicyclic) bond motifs is 1. The van der Waals surface area contributed by atoms with Crippen LogP contribution in [-0.4, -0.2) is 54.4 Å². The number of carbonyl (C=O) groups is 1. The molecule has 0 aliphatic carbocycles. The number of amides is 1. The van der Waals surface area contributed by atoms with Gasteiger partial charge in [0.15, 0.2) is 0 Å². The van der Waals surface area contributed by atoms with Crippen molar-refractivity contribution in [1.82, 2.24) is 9.88 Å². The number of para-hydroxylation sites is 1. The van der Waals surface area contributed by atoms with Crippen molar-refractivity contribution in [2.45, 2.75) is 25.9 Å². The van der Waals surface area contributed by atoms with Gasteiger partial charge in [-0.05, 0) is 31.5 Å². The second kappa shape index (κ2) is 7.78. The van der Waals surface area contributed by atoms with Crippen molar-refractivity contribution in [2.24, 2.45) is 4.99 Å². The van der Waals surface area contributed by atoms with Gasteiger partial charge >= 0.3 is 0 Å². The van der Waals surface area contributed by atoms with Crippen molar-refractivity contribution in [2.75, 3.05) is 36.4 Å². The fourth-order valence-corrected chi connectivity index (χ4v) is 3.58. The molecule has 0 bridgehead atoms. The number of anilines is 2. The van der Waals surface area contributed by atoms with Crippen LogP contribution in [0, 0.1) is 6.92 Å². The summed E-state index contributed by atoms with van der Waals surface area (Å²) in [5, 5.41) is 3.40. The van der Waals surface area contributed by atoms with Crippen LogP contribution >= 0.6 is 0 Å². The summed E-state index contributed by atoms with van der Waals surface area (Å²) in [6.07, 6.45) is 3.10. The number of hydrogen-bond acceptors (Lipinski definition) is 5. The zero-order chi connectivity index (χ0) is 18.6. The lowest BCUT2D eigenvalue weighted by Gasteiger charge is -2.35. The van der Waals surface area contributed by atoms with Gasteiger partial charge < -0.3 is 15.1 Å². The van der Waals surface area contributed by atoms with E-state index in [4.69, 9.17) is 0 Å². The number of aliphatic imine (C=N–C) groups is 1. The molecule has 3 heterocycles. The highest BCUT2D eigenvalue weighted by atomic mass is 16.2. The molecule has 1 aromatic carbocycles. The Morgan fingerprint density at radius 3 is 2.74 bits per heavy atom. The summed E-state index contributed by atoms with van der Waals surface area (Å²) in [6.45, 7) is 5.16. The number of aryl methyl sites for hydroxylation is 1. The quantitative estimate of drug-likeness (QED) is 0.907. The number of hydrogen-bond donors (Lipinski definition) is 1. The molecule has 140 valence electrons. The van der Waals surface area contributed by atoms with Crippen LogP contribution in [0.2, 0.25) is 0 Å². The predicted molar refractivity (Wildman–Crippen MR) is 108 cm³/mol. The number of benzene rings is 1. The highest BCUT2D eigenvalue weighted by molar-refractivity contribution is 5.89. The van der Waals surface area contributed by atoms with Gasteiger partial charge in [-0.1, -0.05) is 24.3 Å². The SMILES string of the molecule is Cc1cccc(N2CCN(C(=O)CCC3N=Cc4ccccc4N3)CC2)n1. The van der Waals surface area contributed by atoms with Crippen molar-refractivity contribution >= 4 is 23.6 Å². The molecular formula is C21H25N5O. The number of nitrogens with one attached hydrogen (secondary N) is 1. The molecule has 2 aliphatic rings. The summed E-state index contributed by atoms with van der Waals surface area (Å²) in [4.78, 5) is 25.9. The Bertz CT molecular complexity index is 842. The molecule has 1 unspecified atom stereocenters. The summed E-state index contributed by atoms with van der Waals surface area (Å²) < 4.78 is 0. The average Bonchev–Trinajstić information content (AvgIpc) is 2.72. The molecule has 0 spiro atoms. The monoisotopic (exact) mass is 363 g/mol. The van der Waals surface area contributed by atoms with Crippen LogP contribution in [0.4, 0.5) is 11.5 Å². The fraction of sp³-hybridized carbons (Fsp3) is 0.381. The number of piperazine rings is 1. The van der Waals surface area contributed by atoms with Gasteiger partial charge in [0, 0.05) is 55.8 Å².